The van der Waals surface area contributed by atoms with Crippen LogP contribution < -0.4 is 5.32 Å². The predicted octanol–water partition coefficient (Wildman–Crippen LogP) is 3.28. The number of nitro benzene ring substituents is 1. The summed E-state index contributed by atoms with van der Waals surface area (Å²) < 4.78 is 28.1. The van der Waals surface area contributed by atoms with Gasteiger partial charge in [0, 0.05) is 23.4 Å². The van der Waals surface area contributed by atoms with E-state index in [9.17, 15) is 18.5 Å². The van der Waals surface area contributed by atoms with Crippen LogP contribution in [0.15, 0.2) is 51.8 Å². The van der Waals surface area contributed by atoms with E-state index in [1.165, 1.54) is 12.1 Å². The molecule has 0 saturated carbocycles. The lowest BCUT2D eigenvalue weighted by Gasteiger charge is -2.14. The van der Waals surface area contributed by atoms with Crippen molar-refractivity contribution >= 4 is 27.2 Å². The number of anilines is 1. The Morgan fingerprint density at radius 2 is 1.88 bits per heavy atom. The molecule has 2 aromatic rings. The van der Waals surface area contributed by atoms with Crippen molar-refractivity contribution in [2.75, 3.05) is 5.32 Å². The Balaban J connectivity index is 2.06. The van der Waals surface area contributed by atoms with Crippen LogP contribution in [0.3, 0.4) is 0 Å². The number of nitrogens with zero attached hydrogens (tertiary/aromatic N) is 2. The minimum absolute atomic E-state index is 0.152. The molecule has 1 aliphatic rings. The van der Waals surface area contributed by atoms with Crippen LogP contribution in [0.4, 0.5) is 11.4 Å². The summed E-state index contributed by atoms with van der Waals surface area (Å²) in [6.07, 6.45) is 0. The summed E-state index contributed by atoms with van der Waals surface area (Å²) in [4.78, 5) is 10.1. The molecule has 124 valence electrons. The third-order valence-corrected chi connectivity index (χ3v) is 5.07. The molecule has 0 aliphatic carbocycles. The number of para-hydroxylation sites is 1. The number of nitrogens with one attached hydrogen (secondary N) is 1. The zero-order valence-corrected chi connectivity index (χ0v) is 13.9. The molecule has 24 heavy (non-hydrogen) atoms. The molecule has 2 aromatic carbocycles. The van der Waals surface area contributed by atoms with Gasteiger partial charge in [-0.05, 0) is 23.6 Å². The van der Waals surface area contributed by atoms with Gasteiger partial charge in [0.2, 0.25) is 0 Å². The second-order valence-corrected chi connectivity index (χ2v) is 7.29. The molecule has 0 fully saturated rings. The first kappa shape index (κ1) is 16.1. The highest BCUT2D eigenvalue weighted by atomic mass is 32.2. The fourth-order valence-corrected chi connectivity index (χ4v) is 3.78. The molecule has 0 spiro atoms. The van der Waals surface area contributed by atoms with Crippen LogP contribution in [0.2, 0.25) is 0 Å². The van der Waals surface area contributed by atoms with Gasteiger partial charge in [-0.2, -0.15) is 8.42 Å². The second-order valence-electron chi connectivity index (χ2n) is 5.72. The summed E-state index contributed by atoms with van der Waals surface area (Å²) in [6, 6.07) is 11.3. The van der Waals surface area contributed by atoms with Gasteiger partial charge < -0.3 is 5.32 Å². The fraction of sp³-hybridized carbons (Fsp3) is 0.188. The minimum Gasteiger partial charge on any atom is -0.339 e. The van der Waals surface area contributed by atoms with Crippen molar-refractivity contribution in [1.29, 1.82) is 0 Å². The molecular weight excluding hydrogens is 330 g/mol. The van der Waals surface area contributed by atoms with E-state index in [1.807, 2.05) is 38.1 Å². The summed E-state index contributed by atoms with van der Waals surface area (Å²) in [5.41, 5.74) is 1.83. The smallest absolute Gasteiger partial charge is 0.285 e. The number of hydrogen-bond acceptors (Lipinski definition) is 5. The Morgan fingerprint density at radius 3 is 2.54 bits per heavy atom. The first-order valence-corrected chi connectivity index (χ1v) is 8.73. The molecule has 0 bridgehead atoms. The van der Waals surface area contributed by atoms with E-state index >= 15 is 0 Å². The van der Waals surface area contributed by atoms with Gasteiger partial charge in [0.25, 0.3) is 15.7 Å². The van der Waals surface area contributed by atoms with Gasteiger partial charge in [0.15, 0.2) is 5.84 Å². The SMILES string of the molecule is CC(C)c1ccccc1NC1=NS(=O)(=O)c2cc([N+](=O)[O-])ccc21. The Labute approximate surface area is 139 Å². The Hall–Kier alpha value is -2.74. The van der Waals surface area contributed by atoms with Gasteiger partial charge in [-0.1, -0.05) is 32.0 Å². The Bertz CT molecular complexity index is 965. The average Bonchev–Trinajstić information content (AvgIpc) is 2.78. The second kappa shape index (κ2) is 5.72. The number of rotatable bonds is 3. The topological polar surface area (TPSA) is 102 Å². The molecule has 1 N–H and O–H groups in total. The molecule has 0 aromatic heterocycles. The molecule has 0 unspecified atom stereocenters. The summed E-state index contributed by atoms with van der Waals surface area (Å²) in [5, 5.41) is 13.9. The zero-order chi connectivity index (χ0) is 17.5. The van der Waals surface area contributed by atoms with E-state index < -0.39 is 14.9 Å². The van der Waals surface area contributed by atoms with Gasteiger partial charge in [0.1, 0.15) is 4.90 Å². The van der Waals surface area contributed by atoms with E-state index in [0.29, 0.717) is 5.56 Å². The molecular formula is C16H15N3O4S. The van der Waals surface area contributed by atoms with Crippen LogP contribution in [0.5, 0.6) is 0 Å². The summed E-state index contributed by atoms with van der Waals surface area (Å²) in [6.45, 7) is 4.07. The van der Waals surface area contributed by atoms with E-state index in [1.54, 1.807) is 0 Å². The molecule has 0 saturated heterocycles. The molecule has 7 nitrogen and oxygen atoms in total. The maximum Gasteiger partial charge on any atom is 0.285 e. The number of benzene rings is 2. The van der Waals surface area contributed by atoms with Crippen molar-refractivity contribution in [3.63, 3.8) is 0 Å². The number of non-ortho nitro benzene ring substituents is 1. The highest BCUT2D eigenvalue weighted by molar-refractivity contribution is 7.90. The molecule has 3 rings (SSSR count). The number of nitro groups is 1. The van der Waals surface area contributed by atoms with Crippen molar-refractivity contribution in [3.8, 4) is 0 Å². The molecule has 1 heterocycles. The highest BCUT2D eigenvalue weighted by Crippen LogP contribution is 2.32. The van der Waals surface area contributed by atoms with E-state index in [4.69, 9.17) is 0 Å². The van der Waals surface area contributed by atoms with Gasteiger partial charge in [-0.15, -0.1) is 4.40 Å². The first-order valence-electron chi connectivity index (χ1n) is 7.29. The van der Waals surface area contributed by atoms with Crippen molar-refractivity contribution < 1.29 is 13.3 Å². The Kier molecular flexibility index (Phi) is 3.84. The molecule has 0 radical (unpaired) electrons. The number of fused-ring (bicyclic) bond motifs is 1. The lowest BCUT2D eigenvalue weighted by atomic mass is 10.0. The van der Waals surface area contributed by atoms with Crippen LogP contribution in [0.25, 0.3) is 0 Å². The lowest BCUT2D eigenvalue weighted by molar-refractivity contribution is -0.385. The quantitative estimate of drug-likeness (QED) is 0.679. The maximum absolute atomic E-state index is 12.2. The molecule has 0 amide bonds. The Morgan fingerprint density at radius 1 is 1.17 bits per heavy atom. The van der Waals surface area contributed by atoms with Crippen LogP contribution >= 0.6 is 0 Å². The predicted molar refractivity (Wildman–Crippen MR) is 91.0 cm³/mol. The largest absolute Gasteiger partial charge is 0.339 e. The summed E-state index contributed by atoms with van der Waals surface area (Å²) in [5.74, 6) is 0.414. The van der Waals surface area contributed by atoms with E-state index in [-0.39, 0.29) is 22.3 Å². The molecule has 8 heteroatoms. The van der Waals surface area contributed by atoms with Gasteiger partial charge in [-0.25, -0.2) is 0 Å². The van der Waals surface area contributed by atoms with Gasteiger partial charge in [-0.3, -0.25) is 10.1 Å². The van der Waals surface area contributed by atoms with Crippen LogP contribution in [0.1, 0.15) is 30.9 Å². The third kappa shape index (κ3) is 2.76. The summed E-state index contributed by atoms with van der Waals surface area (Å²) >= 11 is 0. The number of hydrogen-bond donors (Lipinski definition) is 1. The number of sulfonamides is 1. The zero-order valence-electron chi connectivity index (χ0n) is 13.1. The van der Waals surface area contributed by atoms with Gasteiger partial charge >= 0.3 is 0 Å². The van der Waals surface area contributed by atoms with Crippen LogP contribution in [0, 0.1) is 10.1 Å². The average molecular weight is 345 g/mol. The monoisotopic (exact) mass is 345 g/mol. The van der Waals surface area contributed by atoms with E-state index in [0.717, 1.165) is 17.3 Å². The molecule has 1 aliphatic heterocycles. The van der Waals surface area contributed by atoms with Crippen molar-refractivity contribution in [2.24, 2.45) is 4.40 Å². The van der Waals surface area contributed by atoms with Crippen LogP contribution in [-0.2, 0) is 10.0 Å². The number of amidine groups is 1. The van der Waals surface area contributed by atoms with Crippen molar-refractivity contribution in [1.82, 2.24) is 0 Å². The normalized spacial score (nSPS) is 15.0. The third-order valence-electron chi connectivity index (χ3n) is 3.76. The molecule has 0 atom stereocenters. The minimum atomic E-state index is -3.94. The van der Waals surface area contributed by atoms with Gasteiger partial charge in [0.05, 0.1) is 4.92 Å². The highest BCUT2D eigenvalue weighted by Gasteiger charge is 2.31. The van der Waals surface area contributed by atoms with Crippen LogP contribution in [-0.4, -0.2) is 19.2 Å². The van der Waals surface area contributed by atoms with Crippen molar-refractivity contribution in [3.05, 3.63) is 63.7 Å². The summed E-state index contributed by atoms with van der Waals surface area (Å²) in [7, 11) is -3.94. The fourth-order valence-electron chi connectivity index (χ4n) is 2.58. The first-order chi connectivity index (χ1) is 11.3. The maximum atomic E-state index is 12.2. The van der Waals surface area contributed by atoms with Crippen molar-refractivity contribution in [2.45, 2.75) is 24.7 Å². The van der Waals surface area contributed by atoms with E-state index in [2.05, 4.69) is 9.71 Å². The lowest BCUT2D eigenvalue weighted by Crippen LogP contribution is -2.13. The standard InChI is InChI=1S/C16H15N3O4S/c1-10(2)12-5-3-4-6-14(12)17-16-13-8-7-11(19(20)21)9-15(13)24(22,23)18-16/h3-10H,1-2H3,(H,17,18).